The molecule has 0 heterocycles. The van der Waals surface area contributed by atoms with Crippen LogP contribution < -0.4 is 10.1 Å². The summed E-state index contributed by atoms with van der Waals surface area (Å²) in [6.45, 7) is 0.307. The van der Waals surface area contributed by atoms with Gasteiger partial charge < -0.3 is 15.0 Å². The van der Waals surface area contributed by atoms with Crippen LogP contribution in [0.3, 0.4) is 0 Å². The van der Waals surface area contributed by atoms with Crippen LogP contribution in [0.2, 0.25) is 0 Å². The molecule has 2 aromatic carbocycles. The Hall–Kier alpha value is -2.53. The minimum absolute atomic E-state index is 0.139. The van der Waals surface area contributed by atoms with Crippen molar-refractivity contribution in [3.05, 3.63) is 65.7 Å². The van der Waals surface area contributed by atoms with Crippen molar-refractivity contribution >= 4 is 23.4 Å². The Bertz CT molecular complexity index is 834. The summed E-state index contributed by atoms with van der Waals surface area (Å²) in [6.07, 6.45) is 6.60. The highest BCUT2D eigenvalue weighted by Gasteiger charge is 2.32. The van der Waals surface area contributed by atoms with Crippen LogP contribution >= 0.6 is 11.6 Å². The molecule has 2 aromatic rings. The van der Waals surface area contributed by atoms with Gasteiger partial charge in [-0.3, -0.25) is 9.59 Å². The number of hydrogen-bond acceptors (Lipinski definition) is 3. The predicted octanol–water partition coefficient (Wildman–Crippen LogP) is 4.84. The number of rotatable bonds is 8. The smallest absolute Gasteiger partial charge is 0.247 e. The fraction of sp³-hybridized carbons (Fsp3) is 0.440. The number of methoxy groups -OCH3 is 1. The van der Waals surface area contributed by atoms with Crippen LogP contribution in [0.5, 0.6) is 5.75 Å². The number of ether oxygens (including phenoxy) is 1. The average Bonchev–Trinajstić information content (AvgIpc) is 3.08. The molecule has 3 rings (SSSR count). The minimum Gasteiger partial charge on any atom is -0.497 e. The lowest BCUT2D eigenvalue weighted by Gasteiger charge is -2.32. The van der Waals surface area contributed by atoms with Gasteiger partial charge in [-0.15, -0.1) is 11.6 Å². The fourth-order valence-corrected chi connectivity index (χ4v) is 4.30. The van der Waals surface area contributed by atoms with Crippen LogP contribution in [0.15, 0.2) is 54.6 Å². The summed E-state index contributed by atoms with van der Waals surface area (Å²) in [7, 11) is 1.60. The van der Waals surface area contributed by atoms with Crippen molar-refractivity contribution in [2.45, 2.75) is 57.2 Å². The zero-order valence-corrected chi connectivity index (χ0v) is 18.8. The number of benzene rings is 2. The molecule has 1 atom stereocenters. The van der Waals surface area contributed by atoms with E-state index in [4.69, 9.17) is 16.3 Å². The quantitative estimate of drug-likeness (QED) is 0.470. The van der Waals surface area contributed by atoms with Gasteiger partial charge in [0, 0.05) is 12.6 Å². The van der Waals surface area contributed by atoms with E-state index in [-0.39, 0.29) is 23.7 Å². The molecule has 0 radical (unpaired) electrons. The zero-order chi connectivity index (χ0) is 22.1. The Kier molecular flexibility index (Phi) is 8.77. The van der Waals surface area contributed by atoms with Crippen molar-refractivity contribution in [1.29, 1.82) is 0 Å². The second-order valence-corrected chi connectivity index (χ2v) is 8.28. The topological polar surface area (TPSA) is 58.6 Å². The summed E-state index contributed by atoms with van der Waals surface area (Å²) in [5.41, 5.74) is 1.68. The lowest BCUT2D eigenvalue weighted by atomic mass is 10.0. The van der Waals surface area contributed by atoms with Crippen LogP contribution in [0, 0.1) is 0 Å². The maximum atomic E-state index is 13.6. The Morgan fingerprint density at radius 3 is 2.26 bits per heavy atom. The Morgan fingerprint density at radius 2 is 1.68 bits per heavy atom. The molecule has 0 aromatic heterocycles. The number of alkyl halides is 1. The number of carbonyl (C=O) groups is 2. The molecule has 1 aliphatic rings. The summed E-state index contributed by atoms with van der Waals surface area (Å²) < 4.78 is 5.27. The van der Waals surface area contributed by atoms with Gasteiger partial charge in [-0.05, 0) is 36.1 Å². The largest absolute Gasteiger partial charge is 0.497 e. The van der Waals surface area contributed by atoms with E-state index in [1.54, 1.807) is 12.0 Å². The zero-order valence-electron chi connectivity index (χ0n) is 18.1. The summed E-state index contributed by atoms with van der Waals surface area (Å²) in [5.74, 6) is 0.0784. The van der Waals surface area contributed by atoms with Crippen LogP contribution in [0.25, 0.3) is 0 Å². The van der Waals surface area contributed by atoms with Crippen LogP contribution in [0.4, 0.5) is 0 Å². The van der Waals surface area contributed by atoms with Crippen molar-refractivity contribution in [3.63, 3.8) is 0 Å². The van der Waals surface area contributed by atoms with Gasteiger partial charge in [0.15, 0.2) is 0 Å². The van der Waals surface area contributed by atoms with E-state index in [2.05, 4.69) is 5.32 Å². The van der Waals surface area contributed by atoms with Crippen LogP contribution in [-0.4, -0.2) is 35.7 Å². The number of carbonyl (C=O) groups excluding carboxylic acids is 2. The first-order valence-corrected chi connectivity index (χ1v) is 11.5. The van der Waals surface area contributed by atoms with Gasteiger partial charge in [0.05, 0.1) is 7.11 Å². The standard InChI is InChI=1S/C25H31ClN2O3/c1-31-22-15-13-20(14-16-22)24(25(30)27-21-11-7-2-3-8-12-21)28(23(29)17-26)18-19-9-5-4-6-10-19/h4-6,9-10,13-16,21,24H,2-3,7-8,11-12,17-18H2,1H3,(H,27,30)/t24-/m1/s1. The van der Waals surface area contributed by atoms with Gasteiger partial charge in [-0.1, -0.05) is 68.1 Å². The van der Waals surface area contributed by atoms with Crippen LogP contribution in [0.1, 0.15) is 55.7 Å². The monoisotopic (exact) mass is 442 g/mol. The first-order chi connectivity index (χ1) is 15.1. The molecule has 5 nitrogen and oxygen atoms in total. The SMILES string of the molecule is COc1ccc([C@H](C(=O)NC2CCCCCC2)N(Cc2ccccc2)C(=O)CCl)cc1. The second-order valence-electron chi connectivity index (χ2n) is 8.01. The predicted molar refractivity (Wildman–Crippen MR) is 123 cm³/mol. The van der Waals surface area contributed by atoms with E-state index < -0.39 is 6.04 Å². The van der Waals surface area contributed by atoms with Crippen molar-refractivity contribution in [2.24, 2.45) is 0 Å². The molecule has 6 heteroatoms. The molecule has 31 heavy (non-hydrogen) atoms. The fourth-order valence-electron chi connectivity index (χ4n) is 4.14. The highest BCUT2D eigenvalue weighted by Crippen LogP contribution is 2.27. The molecule has 0 spiro atoms. The number of halogens is 1. The van der Waals surface area contributed by atoms with Crippen molar-refractivity contribution in [1.82, 2.24) is 10.2 Å². The lowest BCUT2D eigenvalue weighted by Crippen LogP contribution is -2.46. The van der Waals surface area contributed by atoms with Gasteiger partial charge >= 0.3 is 0 Å². The van der Waals surface area contributed by atoms with E-state index in [0.717, 1.165) is 36.8 Å². The minimum atomic E-state index is -0.763. The molecule has 1 N–H and O–H groups in total. The summed E-state index contributed by atoms with van der Waals surface area (Å²) in [4.78, 5) is 28.0. The lowest BCUT2D eigenvalue weighted by molar-refractivity contribution is -0.140. The molecule has 0 bridgehead atoms. The van der Waals surface area contributed by atoms with E-state index in [9.17, 15) is 9.59 Å². The Balaban J connectivity index is 1.92. The first kappa shape index (κ1) is 23.1. The van der Waals surface area contributed by atoms with Gasteiger partial charge in [0.1, 0.15) is 17.7 Å². The van der Waals surface area contributed by atoms with E-state index in [1.165, 1.54) is 12.8 Å². The molecule has 0 unspecified atom stereocenters. The normalized spacial score (nSPS) is 15.5. The molecule has 1 aliphatic carbocycles. The summed E-state index contributed by atoms with van der Waals surface area (Å²) >= 11 is 5.97. The number of amides is 2. The van der Waals surface area contributed by atoms with E-state index >= 15 is 0 Å². The van der Waals surface area contributed by atoms with Crippen molar-refractivity contribution in [3.8, 4) is 5.75 Å². The van der Waals surface area contributed by atoms with Crippen molar-refractivity contribution in [2.75, 3.05) is 13.0 Å². The van der Waals surface area contributed by atoms with Gasteiger partial charge in [0.25, 0.3) is 0 Å². The Labute approximate surface area is 189 Å². The van der Waals surface area contributed by atoms with Gasteiger partial charge in [0.2, 0.25) is 11.8 Å². The first-order valence-electron chi connectivity index (χ1n) is 11.0. The highest BCUT2D eigenvalue weighted by molar-refractivity contribution is 6.27. The second kappa shape index (κ2) is 11.8. The van der Waals surface area contributed by atoms with E-state index in [0.29, 0.717) is 12.3 Å². The van der Waals surface area contributed by atoms with E-state index in [1.807, 2.05) is 54.6 Å². The molecule has 166 valence electrons. The van der Waals surface area contributed by atoms with Gasteiger partial charge in [-0.2, -0.15) is 0 Å². The molecule has 1 saturated carbocycles. The molecule has 0 saturated heterocycles. The highest BCUT2D eigenvalue weighted by atomic mass is 35.5. The Morgan fingerprint density at radius 1 is 1.03 bits per heavy atom. The number of nitrogens with zero attached hydrogens (tertiary/aromatic N) is 1. The summed E-state index contributed by atoms with van der Waals surface area (Å²) in [5, 5.41) is 3.22. The number of nitrogens with one attached hydrogen (secondary N) is 1. The summed E-state index contributed by atoms with van der Waals surface area (Å²) in [6, 6.07) is 16.4. The molecule has 1 fully saturated rings. The molecular formula is C25H31ClN2O3. The molecule has 2 amide bonds. The van der Waals surface area contributed by atoms with Crippen LogP contribution in [-0.2, 0) is 16.1 Å². The van der Waals surface area contributed by atoms with Crippen molar-refractivity contribution < 1.29 is 14.3 Å². The maximum Gasteiger partial charge on any atom is 0.247 e. The maximum absolute atomic E-state index is 13.6. The third kappa shape index (κ3) is 6.47. The molecule has 0 aliphatic heterocycles. The third-order valence-electron chi connectivity index (χ3n) is 5.82. The average molecular weight is 443 g/mol. The molecular weight excluding hydrogens is 412 g/mol. The number of hydrogen-bond donors (Lipinski definition) is 1. The third-order valence-corrected chi connectivity index (χ3v) is 6.05. The van der Waals surface area contributed by atoms with Gasteiger partial charge in [-0.25, -0.2) is 0 Å².